The quantitative estimate of drug-likeness (QED) is 0.835. The van der Waals surface area contributed by atoms with E-state index in [0.29, 0.717) is 12.2 Å². The Kier molecular flexibility index (Phi) is 4.36. The summed E-state index contributed by atoms with van der Waals surface area (Å²) >= 11 is 0. The van der Waals surface area contributed by atoms with Gasteiger partial charge in [0.1, 0.15) is 0 Å². The summed E-state index contributed by atoms with van der Waals surface area (Å²) in [6.07, 6.45) is 0.849. The minimum atomic E-state index is -3.47. The molecule has 5 nitrogen and oxygen atoms in total. The number of hydrogen-bond donors (Lipinski definition) is 1. The molecule has 0 saturated carbocycles. The van der Waals surface area contributed by atoms with Gasteiger partial charge in [-0.2, -0.15) is 4.31 Å². The molecule has 1 aromatic carbocycles. The molecular formula is C14H23N3O2S. The first kappa shape index (κ1) is 15.3. The molecule has 20 heavy (non-hydrogen) atoms. The monoisotopic (exact) mass is 297 g/mol. The van der Waals surface area contributed by atoms with E-state index in [1.165, 1.54) is 0 Å². The molecular weight excluding hydrogens is 274 g/mol. The second-order valence-corrected chi connectivity index (χ2v) is 7.49. The van der Waals surface area contributed by atoms with Crippen LogP contribution in [0.15, 0.2) is 23.1 Å². The van der Waals surface area contributed by atoms with Gasteiger partial charge in [0, 0.05) is 24.8 Å². The molecule has 1 aliphatic rings. The molecule has 0 bridgehead atoms. The van der Waals surface area contributed by atoms with Gasteiger partial charge >= 0.3 is 0 Å². The summed E-state index contributed by atoms with van der Waals surface area (Å²) < 4.78 is 27.1. The van der Waals surface area contributed by atoms with Crippen LogP contribution in [-0.4, -0.2) is 50.3 Å². The van der Waals surface area contributed by atoms with Gasteiger partial charge in [-0.25, -0.2) is 8.42 Å². The Labute approximate surface area is 121 Å². The lowest BCUT2D eigenvalue weighted by Gasteiger charge is -2.27. The lowest BCUT2D eigenvalue weighted by atomic mass is 10.2. The third-order valence-electron chi connectivity index (χ3n) is 3.84. The van der Waals surface area contributed by atoms with E-state index in [2.05, 4.69) is 4.90 Å². The van der Waals surface area contributed by atoms with Crippen molar-refractivity contribution >= 4 is 15.7 Å². The lowest BCUT2D eigenvalue weighted by Crippen LogP contribution is -2.41. The zero-order valence-corrected chi connectivity index (χ0v) is 13.2. The van der Waals surface area contributed by atoms with Crippen LogP contribution in [0, 0.1) is 6.92 Å². The van der Waals surface area contributed by atoms with Gasteiger partial charge in [0.05, 0.1) is 4.90 Å². The standard InChI is InChI=1S/C14H23N3O2S/c1-11-5-6-13(9-14(11)15)20(18,19)17-8-4-7-16(3)10-12(17)2/h5-6,9,12H,4,7-8,10,15H2,1-3H3. The molecule has 2 rings (SSSR count). The maximum Gasteiger partial charge on any atom is 0.243 e. The highest BCUT2D eigenvalue weighted by atomic mass is 32.2. The van der Waals surface area contributed by atoms with Crippen LogP contribution >= 0.6 is 0 Å². The lowest BCUT2D eigenvalue weighted by molar-refractivity contribution is 0.290. The Hall–Kier alpha value is -1.11. The number of likely N-dealkylation sites (N-methyl/N-ethyl adjacent to an activating group) is 1. The number of nitrogens with zero attached hydrogens (tertiary/aromatic N) is 2. The van der Waals surface area contributed by atoms with Crippen LogP contribution in [0.5, 0.6) is 0 Å². The van der Waals surface area contributed by atoms with Gasteiger partial charge in [-0.05, 0) is 51.6 Å². The normalized spacial score (nSPS) is 22.6. The van der Waals surface area contributed by atoms with Gasteiger partial charge in [0.25, 0.3) is 0 Å². The van der Waals surface area contributed by atoms with Crippen molar-refractivity contribution in [3.05, 3.63) is 23.8 Å². The first-order valence-corrected chi connectivity index (χ1v) is 8.33. The minimum absolute atomic E-state index is 0.0324. The van der Waals surface area contributed by atoms with Crippen molar-refractivity contribution in [1.82, 2.24) is 9.21 Å². The highest BCUT2D eigenvalue weighted by Crippen LogP contribution is 2.24. The second kappa shape index (κ2) is 5.71. The fourth-order valence-electron chi connectivity index (χ4n) is 2.62. The molecule has 1 fully saturated rings. The van der Waals surface area contributed by atoms with E-state index in [0.717, 1.165) is 25.1 Å². The Bertz CT molecular complexity index is 586. The Morgan fingerprint density at radius 1 is 1.30 bits per heavy atom. The number of sulfonamides is 1. The van der Waals surface area contributed by atoms with Gasteiger partial charge in [-0.3, -0.25) is 0 Å². The third kappa shape index (κ3) is 2.97. The highest BCUT2D eigenvalue weighted by molar-refractivity contribution is 7.89. The van der Waals surface area contributed by atoms with Crippen molar-refractivity contribution < 1.29 is 8.42 Å². The fraction of sp³-hybridized carbons (Fsp3) is 0.571. The van der Waals surface area contributed by atoms with E-state index in [1.54, 1.807) is 22.5 Å². The Morgan fingerprint density at radius 3 is 2.65 bits per heavy atom. The van der Waals surface area contributed by atoms with E-state index < -0.39 is 10.0 Å². The number of anilines is 1. The van der Waals surface area contributed by atoms with Crippen LogP contribution in [0.25, 0.3) is 0 Å². The first-order chi connectivity index (χ1) is 9.32. The van der Waals surface area contributed by atoms with E-state index in [4.69, 9.17) is 5.73 Å². The van der Waals surface area contributed by atoms with Crippen molar-refractivity contribution in [2.24, 2.45) is 0 Å². The van der Waals surface area contributed by atoms with Crippen LogP contribution in [0.2, 0.25) is 0 Å². The van der Waals surface area contributed by atoms with Crippen LogP contribution in [0.1, 0.15) is 18.9 Å². The molecule has 0 spiro atoms. The van der Waals surface area contributed by atoms with Crippen LogP contribution in [-0.2, 0) is 10.0 Å². The molecule has 1 unspecified atom stereocenters. The zero-order chi connectivity index (χ0) is 14.9. The molecule has 1 aromatic rings. The summed E-state index contributed by atoms with van der Waals surface area (Å²) in [5.41, 5.74) is 7.26. The van der Waals surface area contributed by atoms with Crippen LogP contribution < -0.4 is 5.73 Å². The van der Waals surface area contributed by atoms with E-state index >= 15 is 0 Å². The molecule has 6 heteroatoms. The van der Waals surface area contributed by atoms with Crippen molar-refractivity contribution in [2.75, 3.05) is 32.4 Å². The molecule has 0 aromatic heterocycles. The fourth-order valence-corrected chi connectivity index (χ4v) is 4.32. The highest BCUT2D eigenvalue weighted by Gasteiger charge is 2.31. The number of benzene rings is 1. The molecule has 1 saturated heterocycles. The number of nitrogen functional groups attached to an aromatic ring is 1. The molecule has 0 aliphatic carbocycles. The van der Waals surface area contributed by atoms with Gasteiger partial charge in [0.15, 0.2) is 0 Å². The van der Waals surface area contributed by atoms with Gasteiger partial charge < -0.3 is 10.6 Å². The van der Waals surface area contributed by atoms with Crippen molar-refractivity contribution in [3.63, 3.8) is 0 Å². The average molecular weight is 297 g/mol. The van der Waals surface area contributed by atoms with Crippen LogP contribution in [0.4, 0.5) is 5.69 Å². The topological polar surface area (TPSA) is 66.6 Å². The minimum Gasteiger partial charge on any atom is -0.398 e. The predicted molar refractivity (Wildman–Crippen MR) is 81.1 cm³/mol. The van der Waals surface area contributed by atoms with E-state index in [-0.39, 0.29) is 10.9 Å². The maximum atomic E-state index is 12.8. The molecule has 112 valence electrons. The summed E-state index contributed by atoms with van der Waals surface area (Å²) in [4.78, 5) is 2.46. The summed E-state index contributed by atoms with van der Waals surface area (Å²) in [5.74, 6) is 0. The van der Waals surface area contributed by atoms with Crippen molar-refractivity contribution in [3.8, 4) is 0 Å². The second-order valence-electron chi connectivity index (χ2n) is 5.60. The summed E-state index contributed by atoms with van der Waals surface area (Å²) in [5, 5.41) is 0. The average Bonchev–Trinajstić information content (AvgIpc) is 2.53. The van der Waals surface area contributed by atoms with Gasteiger partial charge in [-0.15, -0.1) is 0 Å². The van der Waals surface area contributed by atoms with Crippen molar-refractivity contribution in [1.29, 1.82) is 0 Å². The largest absolute Gasteiger partial charge is 0.398 e. The molecule has 1 atom stereocenters. The summed E-state index contributed by atoms with van der Waals surface area (Å²) in [7, 11) is -1.45. The molecule has 2 N–H and O–H groups in total. The van der Waals surface area contributed by atoms with Gasteiger partial charge in [0.2, 0.25) is 10.0 Å². The Morgan fingerprint density at radius 2 is 2.00 bits per heavy atom. The number of rotatable bonds is 2. The predicted octanol–water partition coefficient (Wildman–Crippen LogP) is 1.29. The number of nitrogens with two attached hydrogens (primary N) is 1. The smallest absolute Gasteiger partial charge is 0.243 e. The zero-order valence-electron chi connectivity index (χ0n) is 12.3. The van der Waals surface area contributed by atoms with Crippen LogP contribution in [0.3, 0.4) is 0 Å². The number of aryl methyl sites for hydroxylation is 1. The summed E-state index contributed by atoms with van der Waals surface area (Å²) in [6.45, 7) is 6.06. The van der Waals surface area contributed by atoms with Gasteiger partial charge in [-0.1, -0.05) is 6.07 Å². The molecule has 0 radical (unpaired) electrons. The van der Waals surface area contributed by atoms with E-state index in [9.17, 15) is 8.42 Å². The molecule has 1 aliphatic heterocycles. The summed E-state index contributed by atoms with van der Waals surface area (Å²) in [6, 6.07) is 4.93. The molecule has 0 amide bonds. The first-order valence-electron chi connectivity index (χ1n) is 6.89. The Balaban J connectivity index is 2.35. The maximum absolute atomic E-state index is 12.8. The molecule has 1 heterocycles. The van der Waals surface area contributed by atoms with Crippen molar-refractivity contribution in [2.45, 2.75) is 31.2 Å². The number of hydrogen-bond acceptors (Lipinski definition) is 4. The SMILES string of the molecule is Cc1ccc(S(=O)(=O)N2CCCN(C)CC2C)cc1N. The van der Waals surface area contributed by atoms with E-state index in [1.807, 2.05) is 20.9 Å². The third-order valence-corrected chi connectivity index (χ3v) is 5.85.